The number of nitrogens with zero attached hydrogens (tertiary/aromatic N) is 2. The minimum atomic E-state index is -0.551. The number of nitrogens with one attached hydrogen (secondary N) is 1. The van der Waals surface area contributed by atoms with Crippen LogP contribution in [0.15, 0.2) is 16.7 Å². The van der Waals surface area contributed by atoms with Crippen LogP contribution in [0.2, 0.25) is 0 Å². The number of pyridine rings is 1. The average Bonchev–Trinajstić information content (AvgIpc) is 2.08. The Morgan fingerprint density at radius 3 is 3.00 bits per heavy atom. The van der Waals surface area contributed by atoms with Crippen LogP contribution in [0.3, 0.4) is 0 Å². The van der Waals surface area contributed by atoms with Gasteiger partial charge in [0.05, 0.1) is 11.5 Å². The van der Waals surface area contributed by atoms with Crippen LogP contribution in [0.4, 0.5) is 5.69 Å². The van der Waals surface area contributed by atoms with E-state index in [4.69, 9.17) is 5.21 Å². The highest BCUT2D eigenvalue weighted by atomic mass is 79.9. The minimum absolute atomic E-state index is 0.0520. The summed E-state index contributed by atoms with van der Waals surface area (Å²) in [7, 11) is 0. The topological polar surface area (TPSA) is 88.3 Å². The van der Waals surface area contributed by atoms with E-state index in [-0.39, 0.29) is 17.9 Å². The van der Waals surface area contributed by atoms with E-state index in [1.165, 1.54) is 12.3 Å². The summed E-state index contributed by atoms with van der Waals surface area (Å²) in [6.45, 7) is -0.0520. The van der Waals surface area contributed by atoms with Crippen LogP contribution < -0.4 is 5.48 Å². The first-order valence-corrected chi connectivity index (χ1v) is 4.10. The van der Waals surface area contributed by atoms with Crippen molar-refractivity contribution in [2.24, 2.45) is 0 Å². The van der Waals surface area contributed by atoms with E-state index >= 15 is 0 Å². The summed E-state index contributed by atoms with van der Waals surface area (Å²) in [5, 5.41) is 18.9. The maximum atomic E-state index is 10.5. The molecule has 0 bridgehead atoms. The predicted molar refractivity (Wildman–Crippen MR) is 47.2 cm³/mol. The maximum absolute atomic E-state index is 10.5. The molecular weight excluding hydrogens is 242 g/mol. The van der Waals surface area contributed by atoms with E-state index in [0.717, 1.165) is 0 Å². The normalized spacial score (nSPS) is 10.0. The van der Waals surface area contributed by atoms with Crippen molar-refractivity contribution >= 4 is 21.6 Å². The molecule has 0 aliphatic carbocycles. The summed E-state index contributed by atoms with van der Waals surface area (Å²) in [5.41, 5.74) is 1.88. The van der Waals surface area contributed by atoms with Crippen molar-refractivity contribution < 1.29 is 10.1 Å². The van der Waals surface area contributed by atoms with Gasteiger partial charge in [0.1, 0.15) is 5.69 Å². The molecule has 0 aliphatic rings. The van der Waals surface area contributed by atoms with Crippen LogP contribution >= 0.6 is 15.9 Å². The lowest BCUT2D eigenvalue weighted by Crippen LogP contribution is -2.10. The van der Waals surface area contributed by atoms with Gasteiger partial charge in [0, 0.05) is 16.7 Å². The molecule has 0 amide bonds. The molecule has 7 heteroatoms. The monoisotopic (exact) mass is 247 g/mol. The van der Waals surface area contributed by atoms with Gasteiger partial charge < -0.3 is 5.21 Å². The minimum Gasteiger partial charge on any atom is -0.316 e. The largest absolute Gasteiger partial charge is 0.316 e. The van der Waals surface area contributed by atoms with Gasteiger partial charge in [-0.25, -0.2) is 0 Å². The Kier molecular flexibility index (Phi) is 3.29. The van der Waals surface area contributed by atoms with E-state index in [2.05, 4.69) is 20.9 Å². The summed E-state index contributed by atoms with van der Waals surface area (Å²) in [6.07, 6.45) is 1.43. The molecule has 0 spiro atoms. The van der Waals surface area contributed by atoms with Gasteiger partial charge >= 0.3 is 0 Å². The zero-order valence-corrected chi connectivity index (χ0v) is 7.98. The third-order valence-electron chi connectivity index (χ3n) is 1.36. The van der Waals surface area contributed by atoms with Crippen molar-refractivity contribution in [3.63, 3.8) is 0 Å². The highest BCUT2D eigenvalue weighted by Crippen LogP contribution is 2.20. The van der Waals surface area contributed by atoms with Crippen LogP contribution in [0.1, 0.15) is 5.69 Å². The third-order valence-corrected chi connectivity index (χ3v) is 1.79. The molecule has 0 unspecified atom stereocenters. The first kappa shape index (κ1) is 10.0. The van der Waals surface area contributed by atoms with Gasteiger partial charge in [-0.1, -0.05) is 0 Å². The molecule has 6 nitrogen and oxygen atoms in total. The number of nitro groups is 1. The quantitative estimate of drug-likeness (QED) is 0.620. The Labute approximate surface area is 81.8 Å². The van der Waals surface area contributed by atoms with Gasteiger partial charge in [-0.3, -0.25) is 15.1 Å². The van der Waals surface area contributed by atoms with Gasteiger partial charge in [0.15, 0.2) is 0 Å². The fourth-order valence-electron chi connectivity index (χ4n) is 0.826. The number of hydroxylamine groups is 1. The Balaban J connectivity index is 3.10. The molecule has 1 aromatic rings. The summed E-state index contributed by atoms with van der Waals surface area (Å²) in [4.78, 5) is 13.7. The van der Waals surface area contributed by atoms with Gasteiger partial charge in [-0.15, -0.1) is 0 Å². The molecule has 0 saturated heterocycles. The lowest BCUT2D eigenvalue weighted by atomic mass is 10.3. The van der Waals surface area contributed by atoms with Crippen LogP contribution in [0.5, 0.6) is 0 Å². The highest BCUT2D eigenvalue weighted by Gasteiger charge is 2.14. The zero-order chi connectivity index (χ0) is 9.84. The van der Waals surface area contributed by atoms with Gasteiger partial charge in [0.25, 0.3) is 5.69 Å². The Hall–Kier alpha value is -1.05. The molecule has 1 rings (SSSR count). The zero-order valence-electron chi connectivity index (χ0n) is 6.40. The van der Waals surface area contributed by atoms with E-state index in [1.807, 2.05) is 5.48 Å². The van der Waals surface area contributed by atoms with Crippen molar-refractivity contribution in [2.45, 2.75) is 6.54 Å². The maximum Gasteiger partial charge on any atom is 0.293 e. The molecular formula is C6H6BrN3O3. The van der Waals surface area contributed by atoms with E-state index in [0.29, 0.717) is 4.47 Å². The fourth-order valence-corrected chi connectivity index (χ4v) is 1.15. The fraction of sp³-hybridized carbons (Fsp3) is 0.167. The Morgan fingerprint density at radius 2 is 2.46 bits per heavy atom. The number of rotatable bonds is 3. The summed E-state index contributed by atoms with van der Waals surface area (Å²) in [6, 6.07) is 1.33. The molecule has 13 heavy (non-hydrogen) atoms. The molecule has 2 N–H and O–H groups in total. The SMILES string of the molecule is O=[N+]([O-])c1cc(Br)cnc1CNO. The summed E-state index contributed by atoms with van der Waals surface area (Å²) in [5.74, 6) is 0. The predicted octanol–water partition coefficient (Wildman–Crippen LogP) is 1.23. The van der Waals surface area contributed by atoms with Crippen LogP contribution in [0, 0.1) is 10.1 Å². The Morgan fingerprint density at radius 1 is 1.77 bits per heavy atom. The smallest absolute Gasteiger partial charge is 0.293 e. The molecule has 0 saturated carbocycles. The molecule has 0 atom stereocenters. The lowest BCUT2D eigenvalue weighted by Gasteiger charge is -2.00. The average molecular weight is 248 g/mol. The molecule has 1 aromatic heterocycles. The van der Waals surface area contributed by atoms with Gasteiger partial charge in [0.2, 0.25) is 0 Å². The van der Waals surface area contributed by atoms with Gasteiger partial charge in [-0.2, -0.15) is 5.48 Å². The van der Waals surface area contributed by atoms with E-state index in [1.54, 1.807) is 0 Å². The third kappa shape index (κ3) is 2.44. The van der Waals surface area contributed by atoms with Crippen molar-refractivity contribution in [3.8, 4) is 0 Å². The second-order valence-electron chi connectivity index (χ2n) is 2.21. The lowest BCUT2D eigenvalue weighted by molar-refractivity contribution is -0.386. The van der Waals surface area contributed by atoms with Crippen molar-refractivity contribution in [1.82, 2.24) is 10.5 Å². The molecule has 0 aliphatic heterocycles. The highest BCUT2D eigenvalue weighted by molar-refractivity contribution is 9.10. The Bertz CT molecular complexity index is 331. The first-order valence-electron chi connectivity index (χ1n) is 3.31. The van der Waals surface area contributed by atoms with Gasteiger partial charge in [-0.05, 0) is 15.9 Å². The number of aromatic nitrogens is 1. The molecule has 0 radical (unpaired) electrons. The van der Waals surface area contributed by atoms with Crippen molar-refractivity contribution in [3.05, 3.63) is 32.5 Å². The summed E-state index contributed by atoms with van der Waals surface area (Å²) >= 11 is 3.07. The standard InChI is InChI=1S/C6H6BrN3O3/c7-4-1-6(10(12)13)5(3-9-11)8-2-4/h1-2,9,11H,3H2. The number of hydrogen-bond donors (Lipinski definition) is 2. The molecule has 0 fully saturated rings. The first-order chi connectivity index (χ1) is 6.15. The van der Waals surface area contributed by atoms with E-state index < -0.39 is 4.92 Å². The number of halogens is 1. The second kappa shape index (κ2) is 4.26. The summed E-state index contributed by atoms with van der Waals surface area (Å²) < 4.78 is 0.529. The molecule has 70 valence electrons. The van der Waals surface area contributed by atoms with E-state index in [9.17, 15) is 10.1 Å². The second-order valence-corrected chi connectivity index (χ2v) is 3.13. The molecule has 0 aromatic carbocycles. The number of hydrogen-bond acceptors (Lipinski definition) is 5. The van der Waals surface area contributed by atoms with Crippen molar-refractivity contribution in [2.75, 3.05) is 0 Å². The van der Waals surface area contributed by atoms with Crippen molar-refractivity contribution in [1.29, 1.82) is 0 Å². The van der Waals surface area contributed by atoms with Crippen LogP contribution in [-0.4, -0.2) is 15.1 Å². The molecule has 1 heterocycles. The van der Waals surface area contributed by atoms with Crippen LogP contribution in [-0.2, 0) is 6.54 Å². The van der Waals surface area contributed by atoms with Crippen LogP contribution in [0.25, 0.3) is 0 Å².